The first-order chi connectivity index (χ1) is 9.95. The second-order valence-corrected chi connectivity index (χ2v) is 7.82. The van der Waals surface area contributed by atoms with Gasteiger partial charge in [-0.2, -0.15) is 4.31 Å². The number of piperazine rings is 1. The molecular weight excluding hydrogens is 286 g/mol. The zero-order chi connectivity index (χ0) is 15.5. The van der Waals surface area contributed by atoms with Crippen molar-refractivity contribution in [1.82, 2.24) is 9.21 Å². The minimum atomic E-state index is -3.43. The van der Waals surface area contributed by atoms with E-state index < -0.39 is 10.0 Å². The Morgan fingerprint density at radius 1 is 1.14 bits per heavy atom. The van der Waals surface area contributed by atoms with Crippen molar-refractivity contribution in [3.63, 3.8) is 0 Å². The van der Waals surface area contributed by atoms with Crippen molar-refractivity contribution in [1.29, 1.82) is 0 Å². The van der Waals surface area contributed by atoms with Gasteiger partial charge in [-0.1, -0.05) is 32.0 Å². The first-order valence-electron chi connectivity index (χ1n) is 7.45. The number of sulfonamides is 1. The van der Waals surface area contributed by atoms with E-state index in [9.17, 15) is 8.42 Å². The Hall–Kier alpha value is -0.950. The molecule has 0 saturated carbocycles. The van der Waals surface area contributed by atoms with Crippen molar-refractivity contribution < 1.29 is 8.42 Å². The van der Waals surface area contributed by atoms with E-state index in [4.69, 9.17) is 5.73 Å². The summed E-state index contributed by atoms with van der Waals surface area (Å²) in [4.78, 5) is 2.68. The van der Waals surface area contributed by atoms with Crippen LogP contribution in [0, 0.1) is 5.92 Å². The molecule has 1 aromatic carbocycles. The van der Waals surface area contributed by atoms with E-state index in [2.05, 4.69) is 18.7 Å². The summed E-state index contributed by atoms with van der Waals surface area (Å²) < 4.78 is 27.1. The summed E-state index contributed by atoms with van der Waals surface area (Å²) in [5.74, 6) is 0.603. The minimum Gasteiger partial charge on any atom is -0.326 e. The van der Waals surface area contributed by atoms with Gasteiger partial charge in [0.2, 0.25) is 10.0 Å². The lowest BCUT2D eigenvalue weighted by molar-refractivity contribution is 0.172. The second-order valence-electron chi connectivity index (χ2n) is 5.91. The van der Waals surface area contributed by atoms with Crippen LogP contribution in [-0.2, 0) is 16.6 Å². The summed E-state index contributed by atoms with van der Waals surface area (Å²) >= 11 is 0. The van der Waals surface area contributed by atoms with Crippen LogP contribution in [0.2, 0.25) is 0 Å². The van der Waals surface area contributed by atoms with E-state index in [1.807, 2.05) is 6.07 Å². The fourth-order valence-electron chi connectivity index (χ4n) is 2.73. The Morgan fingerprint density at radius 2 is 1.76 bits per heavy atom. The Bertz CT molecular complexity index is 564. The molecule has 0 atom stereocenters. The highest BCUT2D eigenvalue weighted by Gasteiger charge is 2.29. The van der Waals surface area contributed by atoms with Gasteiger partial charge >= 0.3 is 0 Å². The molecule has 0 spiro atoms. The molecule has 5 nitrogen and oxygen atoms in total. The number of hydrogen-bond acceptors (Lipinski definition) is 4. The molecule has 118 valence electrons. The van der Waals surface area contributed by atoms with Gasteiger partial charge in [-0.25, -0.2) is 8.42 Å². The van der Waals surface area contributed by atoms with Gasteiger partial charge in [-0.3, -0.25) is 0 Å². The summed E-state index contributed by atoms with van der Waals surface area (Å²) in [5, 5.41) is 0. The standard InChI is InChI=1S/C15H25N3O2S/c1-13(2)12-17-7-9-18(10-8-17)21(19,20)15-6-4-3-5-14(15)11-16/h3-6,13H,7-12,16H2,1-2H3. The summed E-state index contributed by atoms with van der Waals surface area (Å²) in [6, 6.07) is 7.00. The predicted molar refractivity (Wildman–Crippen MR) is 84.4 cm³/mol. The zero-order valence-corrected chi connectivity index (χ0v) is 13.6. The van der Waals surface area contributed by atoms with Crippen LogP contribution in [-0.4, -0.2) is 50.3 Å². The Balaban J connectivity index is 2.11. The van der Waals surface area contributed by atoms with Crippen LogP contribution >= 0.6 is 0 Å². The Kier molecular flexibility index (Phi) is 5.37. The van der Waals surface area contributed by atoms with Gasteiger partial charge in [-0.05, 0) is 17.5 Å². The summed E-state index contributed by atoms with van der Waals surface area (Å²) in [6.45, 7) is 8.31. The second kappa shape index (κ2) is 6.87. The maximum absolute atomic E-state index is 12.7. The van der Waals surface area contributed by atoms with Crippen LogP contribution in [0.5, 0.6) is 0 Å². The lowest BCUT2D eigenvalue weighted by Gasteiger charge is -2.35. The Morgan fingerprint density at radius 3 is 2.33 bits per heavy atom. The summed E-state index contributed by atoms with van der Waals surface area (Å²) in [6.07, 6.45) is 0. The largest absolute Gasteiger partial charge is 0.326 e. The molecule has 1 aliphatic heterocycles. The van der Waals surface area contributed by atoms with Crippen LogP contribution in [0.25, 0.3) is 0 Å². The maximum Gasteiger partial charge on any atom is 0.243 e. The molecule has 21 heavy (non-hydrogen) atoms. The van der Waals surface area contributed by atoms with E-state index in [-0.39, 0.29) is 6.54 Å². The van der Waals surface area contributed by atoms with Crippen molar-refractivity contribution in [2.75, 3.05) is 32.7 Å². The molecule has 0 bridgehead atoms. The fraction of sp³-hybridized carbons (Fsp3) is 0.600. The van der Waals surface area contributed by atoms with Crippen molar-refractivity contribution in [3.05, 3.63) is 29.8 Å². The number of rotatable bonds is 5. The van der Waals surface area contributed by atoms with Gasteiger partial charge in [0.05, 0.1) is 4.90 Å². The van der Waals surface area contributed by atoms with Gasteiger partial charge < -0.3 is 10.6 Å². The van der Waals surface area contributed by atoms with Crippen LogP contribution < -0.4 is 5.73 Å². The first kappa shape index (κ1) is 16.4. The van der Waals surface area contributed by atoms with Gasteiger partial charge in [0, 0.05) is 39.3 Å². The quantitative estimate of drug-likeness (QED) is 0.884. The minimum absolute atomic E-state index is 0.239. The van der Waals surface area contributed by atoms with Crippen LogP contribution in [0.4, 0.5) is 0 Å². The molecule has 2 rings (SSSR count). The third-order valence-electron chi connectivity index (χ3n) is 3.76. The van der Waals surface area contributed by atoms with Gasteiger partial charge in [0.1, 0.15) is 0 Å². The lowest BCUT2D eigenvalue weighted by Crippen LogP contribution is -2.49. The predicted octanol–water partition coefficient (Wildman–Crippen LogP) is 1.11. The molecule has 0 aliphatic carbocycles. The normalized spacial score (nSPS) is 18.3. The first-order valence-corrected chi connectivity index (χ1v) is 8.89. The summed E-state index contributed by atoms with van der Waals surface area (Å²) in [7, 11) is -3.43. The molecule has 0 unspecified atom stereocenters. The molecule has 1 aliphatic rings. The highest BCUT2D eigenvalue weighted by Crippen LogP contribution is 2.21. The molecule has 1 heterocycles. The smallest absolute Gasteiger partial charge is 0.243 e. The number of hydrogen-bond donors (Lipinski definition) is 1. The molecule has 6 heteroatoms. The van der Waals surface area contributed by atoms with Crippen molar-refractivity contribution in [2.24, 2.45) is 11.7 Å². The monoisotopic (exact) mass is 311 g/mol. The third kappa shape index (κ3) is 3.83. The van der Waals surface area contributed by atoms with Crippen LogP contribution in [0.1, 0.15) is 19.4 Å². The SMILES string of the molecule is CC(C)CN1CCN(S(=O)(=O)c2ccccc2CN)CC1. The zero-order valence-electron chi connectivity index (χ0n) is 12.8. The van der Waals surface area contributed by atoms with Gasteiger partial charge in [0.25, 0.3) is 0 Å². The molecule has 0 amide bonds. The third-order valence-corrected chi connectivity index (χ3v) is 5.76. The average molecular weight is 311 g/mol. The maximum atomic E-state index is 12.7. The molecule has 1 aromatic rings. The number of nitrogens with zero attached hydrogens (tertiary/aromatic N) is 2. The van der Waals surface area contributed by atoms with E-state index in [0.29, 0.717) is 29.5 Å². The molecule has 0 radical (unpaired) electrons. The van der Waals surface area contributed by atoms with E-state index in [1.165, 1.54) is 0 Å². The van der Waals surface area contributed by atoms with Gasteiger partial charge in [-0.15, -0.1) is 0 Å². The average Bonchev–Trinajstić information content (AvgIpc) is 2.47. The lowest BCUT2D eigenvalue weighted by atomic mass is 10.2. The molecular formula is C15H25N3O2S. The van der Waals surface area contributed by atoms with Crippen LogP contribution in [0.15, 0.2) is 29.2 Å². The fourth-order valence-corrected chi connectivity index (χ4v) is 4.39. The number of benzene rings is 1. The molecule has 2 N–H and O–H groups in total. The summed E-state index contributed by atoms with van der Waals surface area (Å²) in [5.41, 5.74) is 6.35. The van der Waals surface area contributed by atoms with Crippen molar-refractivity contribution in [3.8, 4) is 0 Å². The molecule has 1 saturated heterocycles. The van der Waals surface area contributed by atoms with Crippen molar-refractivity contribution >= 4 is 10.0 Å². The highest BCUT2D eigenvalue weighted by atomic mass is 32.2. The van der Waals surface area contributed by atoms with E-state index in [1.54, 1.807) is 22.5 Å². The molecule has 1 fully saturated rings. The van der Waals surface area contributed by atoms with E-state index in [0.717, 1.165) is 19.6 Å². The van der Waals surface area contributed by atoms with Crippen molar-refractivity contribution in [2.45, 2.75) is 25.3 Å². The number of nitrogens with two attached hydrogens (primary N) is 1. The topological polar surface area (TPSA) is 66.6 Å². The molecule has 0 aromatic heterocycles. The van der Waals surface area contributed by atoms with Crippen LogP contribution in [0.3, 0.4) is 0 Å². The highest BCUT2D eigenvalue weighted by molar-refractivity contribution is 7.89. The van der Waals surface area contributed by atoms with E-state index >= 15 is 0 Å². The van der Waals surface area contributed by atoms with Gasteiger partial charge in [0.15, 0.2) is 0 Å². The Labute approximate surface area is 127 Å².